The number of hydrogen-bond donors (Lipinski definition) is 0. The topological polar surface area (TPSA) is 16.1 Å². The summed E-state index contributed by atoms with van der Waals surface area (Å²) in [5.41, 5.74) is 4.44. The molecule has 0 atom stereocenters. The van der Waals surface area contributed by atoms with E-state index in [1.54, 1.807) is 0 Å². The van der Waals surface area contributed by atoms with Crippen LogP contribution in [-0.4, -0.2) is 18.1 Å². The van der Waals surface area contributed by atoms with E-state index in [-0.39, 0.29) is 0 Å². The fourth-order valence-electron chi connectivity index (χ4n) is 3.77. The highest BCUT2D eigenvalue weighted by molar-refractivity contribution is 6.32. The van der Waals surface area contributed by atoms with Gasteiger partial charge >= 0.3 is 0 Å². The summed E-state index contributed by atoms with van der Waals surface area (Å²) in [5.74, 6) is 0. The maximum absolute atomic E-state index is 6.69. The molecule has 0 saturated carbocycles. The molecule has 158 valence electrons. The van der Waals surface area contributed by atoms with Gasteiger partial charge < -0.3 is 4.90 Å². The lowest BCUT2D eigenvalue weighted by atomic mass is 10.1. The van der Waals surface area contributed by atoms with Gasteiger partial charge in [-0.15, -0.1) is 0 Å². The molecule has 2 nitrogen and oxygen atoms in total. The van der Waals surface area contributed by atoms with E-state index in [4.69, 9.17) is 11.6 Å². The van der Waals surface area contributed by atoms with Crippen molar-refractivity contribution in [1.82, 2.24) is 4.98 Å². The summed E-state index contributed by atoms with van der Waals surface area (Å²) in [6.07, 6.45) is 13.6. The molecule has 3 rings (SSSR count). The minimum Gasteiger partial charge on any atom is -0.371 e. The highest BCUT2D eigenvalue weighted by Gasteiger charge is 2.08. The molecule has 0 aliphatic rings. The number of pyridine rings is 1. The average Bonchev–Trinajstić information content (AvgIpc) is 2.77. The van der Waals surface area contributed by atoms with Gasteiger partial charge in [-0.1, -0.05) is 87.5 Å². The molecule has 0 bridgehead atoms. The van der Waals surface area contributed by atoms with Crippen molar-refractivity contribution in [2.45, 2.75) is 52.4 Å². The van der Waals surface area contributed by atoms with E-state index in [1.807, 2.05) is 24.4 Å². The number of benzene rings is 2. The van der Waals surface area contributed by atoms with Gasteiger partial charge in [-0.3, -0.25) is 4.98 Å². The van der Waals surface area contributed by atoms with Gasteiger partial charge in [-0.2, -0.15) is 0 Å². The highest BCUT2D eigenvalue weighted by Crippen LogP contribution is 2.27. The Bertz CT molecular complexity index is 949. The van der Waals surface area contributed by atoms with Crippen LogP contribution >= 0.6 is 11.6 Å². The first kappa shape index (κ1) is 22.4. The zero-order chi connectivity index (χ0) is 21.2. The second-order valence-electron chi connectivity index (χ2n) is 7.86. The number of para-hydroxylation sites is 1. The van der Waals surface area contributed by atoms with E-state index in [9.17, 15) is 0 Å². The van der Waals surface area contributed by atoms with Crippen LogP contribution in [0.4, 0.5) is 5.69 Å². The van der Waals surface area contributed by atoms with Gasteiger partial charge in [0.15, 0.2) is 0 Å². The van der Waals surface area contributed by atoms with E-state index < -0.39 is 0 Å². The minimum atomic E-state index is 0.804. The summed E-state index contributed by atoms with van der Waals surface area (Å²) in [6.45, 7) is 6.72. The second kappa shape index (κ2) is 11.8. The predicted molar refractivity (Wildman–Crippen MR) is 133 cm³/mol. The number of fused-ring (bicyclic) bond motifs is 1. The summed E-state index contributed by atoms with van der Waals surface area (Å²) in [5, 5.41) is 1.96. The number of halogens is 1. The van der Waals surface area contributed by atoms with Crippen molar-refractivity contribution in [2.24, 2.45) is 0 Å². The third kappa shape index (κ3) is 6.09. The monoisotopic (exact) mass is 420 g/mol. The van der Waals surface area contributed by atoms with Crippen LogP contribution in [0.2, 0.25) is 5.02 Å². The standard InChI is InChI=1S/C27H33ClN2/c1-3-5-9-19-30(20-10-6-4-2)24-16-15-23(26(28)21-24)14-13-22-17-18-29-27-12-8-7-11-25(22)27/h7-8,11-18,21H,3-6,9-10,19-20H2,1-2H3. The molecule has 0 fully saturated rings. The number of nitrogens with zero attached hydrogens (tertiary/aromatic N) is 2. The van der Waals surface area contributed by atoms with Crippen molar-refractivity contribution in [3.63, 3.8) is 0 Å². The zero-order valence-electron chi connectivity index (χ0n) is 18.3. The number of hydrogen-bond acceptors (Lipinski definition) is 2. The Kier molecular flexibility index (Phi) is 8.77. The quantitative estimate of drug-likeness (QED) is 0.290. The molecule has 0 spiro atoms. The van der Waals surface area contributed by atoms with Crippen molar-refractivity contribution in [2.75, 3.05) is 18.0 Å². The highest BCUT2D eigenvalue weighted by atomic mass is 35.5. The number of anilines is 1. The van der Waals surface area contributed by atoms with Crippen LogP contribution in [0.25, 0.3) is 23.1 Å². The fraction of sp³-hybridized carbons (Fsp3) is 0.370. The lowest BCUT2D eigenvalue weighted by Gasteiger charge is -2.25. The van der Waals surface area contributed by atoms with Crippen LogP contribution in [0, 0.1) is 0 Å². The van der Waals surface area contributed by atoms with Gasteiger partial charge in [0.05, 0.1) is 5.52 Å². The van der Waals surface area contributed by atoms with Crippen LogP contribution in [0.3, 0.4) is 0 Å². The Labute approximate surface area is 186 Å². The van der Waals surface area contributed by atoms with Crippen molar-refractivity contribution >= 4 is 40.3 Å². The van der Waals surface area contributed by atoms with Gasteiger partial charge in [0.1, 0.15) is 0 Å². The van der Waals surface area contributed by atoms with Crippen LogP contribution in [0.15, 0.2) is 54.7 Å². The predicted octanol–water partition coefficient (Wildman–Crippen LogP) is 8.25. The summed E-state index contributed by atoms with van der Waals surface area (Å²) >= 11 is 6.69. The molecule has 0 aliphatic carbocycles. The van der Waals surface area contributed by atoms with Crippen molar-refractivity contribution < 1.29 is 0 Å². The van der Waals surface area contributed by atoms with E-state index in [2.05, 4.69) is 66.2 Å². The molecular weight excluding hydrogens is 388 g/mol. The minimum absolute atomic E-state index is 0.804. The largest absolute Gasteiger partial charge is 0.371 e. The number of aromatic nitrogens is 1. The third-order valence-corrected chi connectivity index (χ3v) is 5.86. The van der Waals surface area contributed by atoms with Gasteiger partial charge in [0.2, 0.25) is 0 Å². The van der Waals surface area contributed by atoms with Gasteiger partial charge in [-0.05, 0) is 48.2 Å². The lowest BCUT2D eigenvalue weighted by molar-refractivity contribution is 0.636. The molecule has 0 radical (unpaired) electrons. The Morgan fingerprint density at radius 2 is 1.53 bits per heavy atom. The summed E-state index contributed by atoms with van der Waals surface area (Å²) < 4.78 is 0. The molecule has 3 aromatic rings. The fourth-order valence-corrected chi connectivity index (χ4v) is 4.00. The molecule has 30 heavy (non-hydrogen) atoms. The van der Waals surface area contributed by atoms with Gasteiger partial charge in [0, 0.05) is 35.4 Å². The maximum atomic E-state index is 6.69. The first-order valence-corrected chi connectivity index (χ1v) is 11.7. The average molecular weight is 421 g/mol. The van der Waals surface area contributed by atoms with Crippen molar-refractivity contribution in [3.05, 3.63) is 70.9 Å². The maximum Gasteiger partial charge on any atom is 0.0707 e. The van der Waals surface area contributed by atoms with Gasteiger partial charge in [0.25, 0.3) is 0 Å². The van der Waals surface area contributed by atoms with Crippen molar-refractivity contribution in [1.29, 1.82) is 0 Å². The van der Waals surface area contributed by atoms with Crippen LogP contribution < -0.4 is 4.90 Å². The summed E-state index contributed by atoms with van der Waals surface area (Å²) in [6, 6.07) is 16.8. The number of unbranched alkanes of at least 4 members (excludes halogenated alkanes) is 4. The molecule has 2 aromatic carbocycles. The lowest BCUT2D eigenvalue weighted by Crippen LogP contribution is -2.25. The van der Waals surface area contributed by atoms with Crippen LogP contribution in [0.5, 0.6) is 0 Å². The normalized spacial score (nSPS) is 11.4. The van der Waals surface area contributed by atoms with Crippen LogP contribution in [0.1, 0.15) is 63.5 Å². The second-order valence-corrected chi connectivity index (χ2v) is 8.26. The SMILES string of the molecule is CCCCCN(CCCCC)c1ccc(C=Cc2ccnc3ccccc23)c(Cl)c1. The van der Waals surface area contributed by atoms with E-state index in [1.165, 1.54) is 44.2 Å². The molecule has 0 N–H and O–H groups in total. The van der Waals surface area contributed by atoms with Gasteiger partial charge in [-0.25, -0.2) is 0 Å². The zero-order valence-corrected chi connectivity index (χ0v) is 19.0. The molecule has 0 saturated heterocycles. The molecule has 3 heteroatoms. The van der Waals surface area contributed by atoms with E-state index in [0.29, 0.717) is 0 Å². The van der Waals surface area contributed by atoms with E-state index in [0.717, 1.165) is 40.1 Å². The Morgan fingerprint density at radius 1 is 0.833 bits per heavy atom. The molecule has 1 aromatic heterocycles. The smallest absolute Gasteiger partial charge is 0.0707 e. The summed E-state index contributed by atoms with van der Waals surface area (Å²) in [4.78, 5) is 6.94. The first-order chi connectivity index (χ1) is 14.7. The third-order valence-electron chi connectivity index (χ3n) is 5.54. The number of rotatable bonds is 11. The molecular formula is C27H33ClN2. The Balaban J connectivity index is 1.77. The molecule has 1 heterocycles. The first-order valence-electron chi connectivity index (χ1n) is 11.3. The van der Waals surface area contributed by atoms with Crippen molar-refractivity contribution in [3.8, 4) is 0 Å². The molecule has 0 unspecified atom stereocenters. The molecule has 0 amide bonds. The van der Waals surface area contributed by atoms with E-state index >= 15 is 0 Å². The Morgan fingerprint density at radius 3 is 2.23 bits per heavy atom. The molecule has 0 aliphatic heterocycles. The van der Waals surface area contributed by atoms with Crippen LogP contribution in [-0.2, 0) is 0 Å². The summed E-state index contributed by atoms with van der Waals surface area (Å²) in [7, 11) is 0. The Hall–Kier alpha value is -2.32.